The molecule has 3 aromatic rings. The van der Waals surface area contributed by atoms with Crippen LogP contribution in [0.15, 0.2) is 71.5 Å². The Morgan fingerprint density at radius 1 is 1.23 bits per heavy atom. The lowest BCUT2D eigenvalue weighted by molar-refractivity contribution is -0.123. The summed E-state index contributed by atoms with van der Waals surface area (Å²) in [7, 11) is 1.95. The highest BCUT2D eigenvalue weighted by atomic mass is 79.9. The van der Waals surface area contributed by atoms with Crippen molar-refractivity contribution < 1.29 is 4.79 Å². The fourth-order valence-electron chi connectivity index (χ4n) is 3.44. The maximum atomic E-state index is 12.9. The molecule has 1 saturated carbocycles. The summed E-state index contributed by atoms with van der Waals surface area (Å²) in [6.45, 7) is 0. The molecular formula is C21H20BrN3O. The smallest absolute Gasteiger partial charge is 0.224 e. The van der Waals surface area contributed by atoms with E-state index in [1.807, 2.05) is 60.3 Å². The van der Waals surface area contributed by atoms with Gasteiger partial charge in [0.25, 0.3) is 0 Å². The maximum Gasteiger partial charge on any atom is 0.224 e. The Bertz CT molecular complexity index is 922. The number of amides is 1. The summed E-state index contributed by atoms with van der Waals surface area (Å²) in [5.74, 6) is 1.25. The van der Waals surface area contributed by atoms with Gasteiger partial charge in [0, 0.05) is 29.8 Å². The number of hydrogen-bond donors (Lipinski definition) is 1. The monoisotopic (exact) mass is 409 g/mol. The van der Waals surface area contributed by atoms with Crippen LogP contribution in [0.2, 0.25) is 0 Å². The first-order valence-corrected chi connectivity index (χ1v) is 9.51. The van der Waals surface area contributed by atoms with Crippen LogP contribution in [0.25, 0.3) is 0 Å². The van der Waals surface area contributed by atoms with Crippen LogP contribution in [-0.2, 0) is 11.8 Å². The first-order chi connectivity index (χ1) is 12.6. The van der Waals surface area contributed by atoms with Gasteiger partial charge in [-0.15, -0.1) is 0 Å². The molecule has 0 aliphatic heterocycles. The van der Waals surface area contributed by atoms with Gasteiger partial charge in [-0.2, -0.15) is 0 Å². The van der Waals surface area contributed by atoms with Gasteiger partial charge in [-0.25, -0.2) is 4.98 Å². The Balaban J connectivity index is 1.54. The quantitative estimate of drug-likeness (QED) is 0.686. The normalized spacial score (nSPS) is 19.8. The fraction of sp³-hybridized carbons (Fsp3) is 0.238. The molecule has 5 heteroatoms. The van der Waals surface area contributed by atoms with Gasteiger partial charge in [0.05, 0.1) is 0 Å². The van der Waals surface area contributed by atoms with E-state index in [2.05, 4.69) is 38.4 Å². The van der Waals surface area contributed by atoms with Gasteiger partial charge in [-0.3, -0.25) is 4.79 Å². The highest BCUT2D eigenvalue weighted by molar-refractivity contribution is 9.10. The van der Waals surface area contributed by atoms with Crippen LogP contribution in [0.4, 0.5) is 0 Å². The van der Waals surface area contributed by atoms with Crippen LogP contribution in [-0.4, -0.2) is 15.5 Å². The summed E-state index contributed by atoms with van der Waals surface area (Å²) in [6.07, 6.45) is 4.56. The number of carbonyl (C=O) groups excluding carboxylic acids is 1. The van der Waals surface area contributed by atoms with E-state index in [1.165, 1.54) is 5.56 Å². The third-order valence-corrected chi connectivity index (χ3v) is 5.43. The fourth-order valence-corrected chi connectivity index (χ4v) is 3.85. The summed E-state index contributed by atoms with van der Waals surface area (Å²) in [5.41, 5.74) is 2.25. The number of nitrogens with one attached hydrogen (secondary N) is 1. The van der Waals surface area contributed by atoms with Crippen molar-refractivity contribution in [2.24, 2.45) is 13.0 Å². The molecule has 1 heterocycles. The maximum absolute atomic E-state index is 12.9. The highest BCUT2D eigenvalue weighted by Gasteiger charge is 2.44. The second-order valence-corrected chi connectivity index (χ2v) is 7.67. The van der Waals surface area contributed by atoms with E-state index in [4.69, 9.17) is 0 Å². The van der Waals surface area contributed by atoms with E-state index < -0.39 is 0 Å². The number of benzene rings is 2. The minimum absolute atomic E-state index is 0.0239. The van der Waals surface area contributed by atoms with Gasteiger partial charge in [0.15, 0.2) is 0 Å². The van der Waals surface area contributed by atoms with Gasteiger partial charge in [0.1, 0.15) is 11.9 Å². The van der Waals surface area contributed by atoms with E-state index >= 15 is 0 Å². The molecule has 3 unspecified atom stereocenters. The molecule has 1 aliphatic rings. The lowest BCUT2D eigenvalue weighted by Gasteiger charge is -2.19. The zero-order chi connectivity index (χ0) is 18.1. The average Bonchev–Trinajstić information content (AvgIpc) is 3.35. The van der Waals surface area contributed by atoms with Crippen molar-refractivity contribution in [3.63, 3.8) is 0 Å². The van der Waals surface area contributed by atoms with E-state index in [1.54, 1.807) is 6.20 Å². The molecule has 1 N–H and O–H groups in total. The van der Waals surface area contributed by atoms with E-state index in [9.17, 15) is 4.79 Å². The van der Waals surface area contributed by atoms with Crippen molar-refractivity contribution in [1.29, 1.82) is 0 Å². The molecule has 1 aliphatic carbocycles. The van der Waals surface area contributed by atoms with Gasteiger partial charge in [-0.05, 0) is 35.6 Å². The van der Waals surface area contributed by atoms with Crippen molar-refractivity contribution in [3.8, 4) is 0 Å². The number of imidazole rings is 1. The molecular weight excluding hydrogens is 390 g/mol. The Kier molecular flexibility index (Phi) is 4.64. The molecule has 0 saturated heterocycles. The zero-order valence-electron chi connectivity index (χ0n) is 14.5. The van der Waals surface area contributed by atoms with Crippen molar-refractivity contribution >= 4 is 21.8 Å². The largest absolute Gasteiger partial charge is 0.342 e. The van der Waals surface area contributed by atoms with E-state index in [0.29, 0.717) is 5.92 Å². The standard InChI is InChI=1S/C21H20BrN3O/c1-25-11-10-23-20(25)19(14-6-3-2-4-7-14)24-21(26)18-13-17(18)15-8-5-9-16(22)12-15/h2-12,17-19H,13H2,1H3,(H,24,26). The predicted octanol–water partition coefficient (Wildman–Crippen LogP) is 4.19. The van der Waals surface area contributed by atoms with Gasteiger partial charge < -0.3 is 9.88 Å². The molecule has 3 atom stereocenters. The van der Waals surface area contributed by atoms with Crippen molar-refractivity contribution in [3.05, 3.63) is 88.4 Å². The second-order valence-electron chi connectivity index (χ2n) is 6.75. The number of nitrogens with zero attached hydrogens (tertiary/aromatic N) is 2. The average molecular weight is 410 g/mol. The summed E-state index contributed by atoms with van der Waals surface area (Å²) in [5, 5.41) is 3.22. The molecule has 4 nitrogen and oxygen atoms in total. The lowest BCUT2D eigenvalue weighted by Crippen LogP contribution is -2.32. The van der Waals surface area contributed by atoms with Crippen molar-refractivity contribution in [2.75, 3.05) is 0 Å². The van der Waals surface area contributed by atoms with E-state index in [0.717, 1.165) is 22.3 Å². The zero-order valence-corrected chi connectivity index (χ0v) is 16.1. The SMILES string of the molecule is Cn1ccnc1C(NC(=O)C1CC1c1cccc(Br)c1)c1ccccc1. The van der Waals surface area contributed by atoms with Crippen LogP contribution in [0, 0.1) is 5.92 Å². The van der Waals surface area contributed by atoms with Crippen LogP contribution in [0.5, 0.6) is 0 Å². The Morgan fingerprint density at radius 2 is 2.04 bits per heavy atom. The molecule has 2 aromatic carbocycles. The molecule has 0 spiro atoms. The minimum atomic E-state index is -0.243. The molecule has 1 fully saturated rings. The minimum Gasteiger partial charge on any atom is -0.342 e. The number of rotatable bonds is 5. The summed E-state index contributed by atoms with van der Waals surface area (Å²) in [4.78, 5) is 17.4. The third kappa shape index (κ3) is 3.44. The first-order valence-electron chi connectivity index (χ1n) is 8.71. The molecule has 0 bridgehead atoms. The first kappa shape index (κ1) is 17.0. The molecule has 0 radical (unpaired) electrons. The summed E-state index contributed by atoms with van der Waals surface area (Å²) < 4.78 is 3.01. The van der Waals surface area contributed by atoms with Gasteiger partial charge in [0.2, 0.25) is 5.91 Å². The second kappa shape index (κ2) is 7.08. The van der Waals surface area contributed by atoms with Crippen molar-refractivity contribution in [2.45, 2.75) is 18.4 Å². The van der Waals surface area contributed by atoms with Crippen LogP contribution in [0.3, 0.4) is 0 Å². The predicted molar refractivity (Wildman–Crippen MR) is 105 cm³/mol. The Labute approximate surface area is 161 Å². The van der Waals surface area contributed by atoms with Crippen LogP contribution < -0.4 is 5.32 Å². The van der Waals surface area contributed by atoms with Crippen LogP contribution >= 0.6 is 15.9 Å². The highest BCUT2D eigenvalue weighted by Crippen LogP contribution is 2.48. The van der Waals surface area contributed by atoms with Crippen molar-refractivity contribution in [1.82, 2.24) is 14.9 Å². The van der Waals surface area contributed by atoms with Gasteiger partial charge in [-0.1, -0.05) is 58.4 Å². The van der Waals surface area contributed by atoms with Crippen LogP contribution in [0.1, 0.15) is 35.3 Å². The molecule has 132 valence electrons. The number of hydrogen-bond acceptors (Lipinski definition) is 2. The lowest BCUT2D eigenvalue weighted by atomic mass is 10.1. The summed E-state index contributed by atoms with van der Waals surface area (Å²) >= 11 is 3.51. The number of aromatic nitrogens is 2. The number of carbonyl (C=O) groups is 1. The third-order valence-electron chi connectivity index (χ3n) is 4.94. The number of halogens is 1. The van der Waals surface area contributed by atoms with Gasteiger partial charge >= 0.3 is 0 Å². The summed E-state index contributed by atoms with van der Waals surface area (Å²) in [6, 6.07) is 18.0. The number of aryl methyl sites for hydroxylation is 1. The molecule has 1 amide bonds. The molecule has 1 aromatic heterocycles. The Hall–Kier alpha value is -2.40. The topological polar surface area (TPSA) is 46.9 Å². The van der Waals surface area contributed by atoms with E-state index in [-0.39, 0.29) is 17.9 Å². The molecule has 26 heavy (non-hydrogen) atoms. The Morgan fingerprint density at radius 3 is 2.73 bits per heavy atom. The molecule has 4 rings (SSSR count).